The summed E-state index contributed by atoms with van der Waals surface area (Å²) in [4.78, 5) is 0. The van der Waals surface area contributed by atoms with E-state index in [1.165, 1.54) is 10.7 Å². The molecular formula is C12H12ClI3O. The average Bonchev–Trinajstić information content (AvgIpc) is 2.21. The first-order chi connectivity index (χ1) is 7.82. The summed E-state index contributed by atoms with van der Waals surface area (Å²) in [6.07, 6.45) is 1.17. The summed E-state index contributed by atoms with van der Waals surface area (Å²) in [6.45, 7) is 4.34. The maximum atomic E-state index is 6.22. The Morgan fingerprint density at radius 2 is 1.76 bits per heavy atom. The summed E-state index contributed by atoms with van der Waals surface area (Å²) < 4.78 is 9.74. The molecule has 1 saturated carbocycles. The van der Waals surface area contributed by atoms with Gasteiger partial charge >= 0.3 is 0 Å². The van der Waals surface area contributed by atoms with Crippen molar-refractivity contribution in [3.8, 4) is 5.75 Å². The number of rotatable bonds is 2. The van der Waals surface area contributed by atoms with Gasteiger partial charge in [0.05, 0.1) is 7.14 Å². The highest BCUT2D eigenvalue weighted by molar-refractivity contribution is 14.1. The molecule has 2 rings (SSSR count). The van der Waals surface area contributed by atoms with Crippen LogP contribution in [-0.4, -0.2) is 11.5 Å². The van der Waals surface area contributed by atoms with Gasteiger partial charge in [-0.05, 0) is 79.9 Å². The molecule has 0 N–H and O–H groups in total. The second kappa shape index (κ2) is 5.47. The zero-order valence-corrected chi connectivity index (χ0v) is 16.7. The summed E-state index contributed by atoms with van der Waals surface area (Å²) in [7, 11) is 0. The molecule has 5 heteroatoms. The Kier molecular flexibility index (Phi) is 4.80. The molecule has 17 heavy (non-hydrogen) atoms. The van der Waals surface area contributed by atoms with E-state index < -0.39 is 0 Å². The third-order valence-electron chi connectivity index (χ3n) is 3.28. The van der Waals surface area contributed by atoms with Crippen molar-refractivity contribution in [1.29, 1.82) is 0 Å². The number of ether oxygens (including phenoxy) is 1. The normalized spacial score (nSPS) is 26.5. The van der Waals surface area contributed by atoms with Crippen molar-refractivity contribution in [2.45, 2.75) is 31.7 Å². The van der Waals surface area contributed by atoms with E-state index in [9.17, 15) is 0 Å². The first-order valence-corrected chi connectivity index (χ1v) is 8.95. The summed E-state index contributed by atoms with van der Waals surface area (Å²) >= 11 is 13.2. The van der Waals surface area contributed by atoms with Crippen LogP contribution in [0.5, 0.6) is 5.75 Å². The predicted molar refractivity (Wildman–Crippen MR) is 97.0 cm³/mol. The fraction of sp³-hybridized carbons (Fsp3) is 0.500. The van der Waals surface area contributed by atoms with Crippen LogP contribution in [0.2, 0.25) is 0 Å². The fourth-order valence-corrected chi connectivity index (χ4v) is 5.96. The minimum absolute atomic E-state index is 0.0662. The van der Waals surface area contributed by atoms with E-state index in [2.05, 4.69) is 93.8 Å². The van der Waals surface area contributed by atoms with Gasteiger partial charge in [0.1, 0.15) is 11.9 Å². The van der Waals surface area contributed by atoms with Gasteiger partial charge in [-0.3, -0.25) is 0 Å². The Balaban J connectivity index is 2.21. The van der Waals surface area contributed by atoms with Crippen LogP contribution in [0.1, 0.15) is 20.3 Å². The maximum absolute atomic E-state index is 6.22. The second-order valence-electron chi connectivity index (χ2n) is 4.83. The maximum Gasteiger partial charge on any atom is 0.146 e. The van der Waals surface area contributed by atoms with Gasteiger partial charge in [0.25, 0.3) is 0 Å². The second-order valence-corrected chi connectivity index (χ2v) is 8.93. The summed E-state index contributed by atoms with van der Waals surface area (Å²) in [5.74, 6) is 1.01. The van der Waals surface area contributed by atoms with Crippen LogP contribution in [0, 0.1) is 16.1 Å². The van der Waals surface area contributed by atoms with Gasteiger partial charge in [0, 0.05) is 20.8 Å². The summed E-state index contributed by atoms with van der Waals surface area (Å²) in [6, 6.07) is 4.28. The summed E-state index contributed by atoms with van der Waals surface area (Å²) in [5, 5.41) is 0.228. The van der Waals surface area contributed by atoms with Gasteiger partial charge < -0.3 is 4.74 Å². The van der Waals surface area contributed by atoms with Gasteiger partial charge in [-0.15, -0.1) is 11.6 Å². The molecule has 0 spiro atoms. The lowest BCUT2D eigenvalue weighted by Crippen LogP contribution is -2.53. The molecule has 1 fully saturated rings. The predicted octanol–water partition coefficient (Wildman–Crippen LogP) is 5.29. The van der Waals surface area contributed by atoms with Crippen molar-refractivity contribution < 1.29 is 4.74 Å². The van der Waals surface area contributed by atoms with Crippen molar-refractivity contribution in [3.63, 3.8) is 0 Å². The average molecular weight is 588 g/mol. The Morgan fingerprint density at radius 1 is 1.24 bits per heavy atom. The molecule has 1 aromatic carbocycles. The van der Waals surface area contributed by atoms with Crippen molar-refractivity contribution in [1.82, 2.24) is 0 Å². The van der Waals surface area contributed by atoms with Gasteiger partial charge in [0.2, 0.25) is 0 Å². The zero-order valence-electron chi connectivity index (χ0n) is 9.44. The molecule has 0 heterocycles. The highest BCUT2D eigenvalue weighted by Crippen LogP contribution is 2.47. The molecule has 94 valence electrons. The van der Waals surface area contributed by atoms with Crippen LogP contribution in [-0.2, 0) is 0 Å². The molecule has 1 aliphatic rings. The largest absolute Gasteiger partial charge is 0.488 e. The molecular weight excluding hydrogens is 576 g/mol. The molecule has 0 aromatic heterocycles. The molecule has 0 aliphatic heterocycles. The van der Waals surface area contributed by atoms with Crippen molar-refractivity contribution >= 4 is 79.4 Å². The molecule has 0 amide bonds. The Morgan fingerprint density at radius 3 is 2.18 bits per heavy atom. The third-order valence-corrected chi connectivity index (χ3v) is 6.25. The van der Waals surface area contributed by atoms with E-state index in [1.54, 1.807) is 0 Å². The molecule has 0 bridgehead atoms. The first kappa shape index (κ1) is 14.9. The van der Waals surface area contributed by atoms with Crippen LogP contribution in [0.15, 0.2) is 12.1 Å². The molecule has 1 aliphatic carbocycles. The van der Waals surface area contributed by atoms with Crippen LogP contribution in [0.25, 0.3) is 0 Å². The third kappa shape index (κ3) is 2.99. The summed E-state index contributed by atoms with van der Waals surface area (Å²) in [5.41, 5.74) is 0.0662. The number of halogens is 4. The van der Waals surface area contributed by atoms with E-state index in [1.807, 2.05) is 0 Å². The van der Waals surface area contributed by atoms with Gasteiger partial charge in [-0.25, -0.2) is 0 Å². The molecule has 1 nitrogen and oxygen atoms in total. The number of benzene rings is 1. The molecule has 2 atom stereocenters. The SMILES string of the molecule is CC1(C)C(Cl)CC1Oc1c(I)cc(I)cc1I. The standard InChI is InChI=1S/C12H12ClI3O/c1-12(2)9(13)5-10(12)17-11-7(15)3-6(14)4-8(11)16/h3-4,9-10H,5H2,1-2H3. The van der Waals surface area contributed by atoms with Gasteiger partial charge in [-0.1, -0.05) is 13.8 Å². The first-order valence-electron chi connectivity index (χ1n) is 5.27. The molecule has 2 unspecified atom stereocenters. The van der Waals surface area contributed by atoms with Crippen molar-refractivity contribution in [3.05, 3.63) is 22.8 Å². The lowest BCUT2D eigenvalue weighted by molar-refractivity contribution is -0.0141. The van der Waals surface area contributed by atoms with Crippen LogP contribution < -0.4 is 4.74 Å². The van der Waals surface area contributed by atoms with Gasteiger partial charge in [-0.2, -0.15) is 0 Å². The molecule has 0 radical (unpaired) electrons. The Bertz CT molecular complexity index is 424. The topological polar surface area (TPSA) is 9.23 Å². The smallest absolute Gasteiger partial charge is 0.146 e. The van der Waals surface area contributed by atoms with E-state index in [0.29, 0.717) is 0 Å². The van der Waals surface area contributed by atoms with Crippen LogP contribution >= 0.6 is 79.4 Å². The van der Waals surface area contributed by atoms with Gasteiger partial charge in [0.15, 0.2) is 0 Å². The van der Waals surface area contributed by atoms with Crippen molar-refractivity contribution in [2.24, 2.45) is 5.41 Å². The zero-order chi connectivity index (χ0) is 12.8. The molecule has 0 saturated heterocycles. The van der Waals surface area contributed by atoms with E-state index in [4.69, 9.17) is 16.3 Å². The van der Waals surface area contributed by atoms with Crippen LogP contribution in [0.3, 0.4) is 0 Å². The van der Waals surface area contributed by atoms with E-state index >= 15 is 0 Å². The van der Waals surface area contributed by atoms with E-state index in [0.717, 1.165) is 12.2 Å². The Labute approximate surface area is 148 Å². The number of hydrogen-bond donors (Lipinski definition) is 0. The monoisotopic (exact) mass is 588 g/mol. The van der Waals surface area contributed by atoms with E-state index in [-0.39, 0.29) is 16.9 Å². The lowest BCUT2D eigenvalue weighted by atomic mass is 9.68. The van der Waals surface area contributed by atoms with Crippen molar-refractivity contribution in [2.75, 3.05) is 0 Å². The minimum atomic E-state index is 0.0662. The van der Waals surface area contributed by atoms with Crippen LogP contribution in [0.4, 0.5) is 0 Å². The number of alkyl halides is 1. The minimum Gasteiger partial charge on any atom is -0.488 e. The quantitative estimate of drug-likeness (QED) is 0.338. The number of hydrogen-bond acceptors (Lipinski definition) is 1. The fourth-order valence-electron chi connectivity index (χ4n) is 1.82. The highest BCUT2D eigenvalue weighted by atomic mass is 127. The lowest BCUT2D eigenvalue weighted by Gasteiger charge is -2.48. The highest BCUT2D eigenvalue weighted by Gasteiger charge is 2.49. The Hall–Kier alpha value is 1.50. The molecule has 1 aromatic rings.